The third-order valence-corrected chi connectivity index (χ3v) is 2.86. The number of thioether (sulfide) groups is 2. The molecule has 0 atom stereocenters. The van der Waals surface area contributed by atoms with Gasteiger partial charge in [-0.05, 0) is 22.0 Å². The van der Waals surface area contributed by atoms with Gasteiger partial charge < -0.3 is 0 Å². The van der Waals surface area contributed by atoms with Crippen LogP contribution in [0.15, 0.2) is 0 Å². The molecular formula is C10H24S2. The SMILES string of the molecule is CC(C)SC(C)C.CCSCC. The van der Waals surface area contributed by atoms with E-state index in [1.165, 1.54) is 11.5 Å². The van der Waals surface area contributed by atoms with E-state index < -0.39 is 0 Å². The third-order valence-electron chi connectivity index (χ3n) is 0.953. The van der Waals surface area contributed by atoms with E-state index in [0.29, 0.717) is 0 Å². The molecule has 0 unspecified atom stereocenters. The highest BCUT2D eigenvalue weighted by atomic mass is 32.2. The number of hydrogen-bond donors (Lipinski definition) is 0. The van der Waals surface area contributed by atoms with Crippen LogP contribution in [0.25, 0.3) is 0 Å². The minimum absolute atomic E-state index is 0.792. The zero-order chi connectivity index (χ0) is 9.98. The smallest absolute Gasteiger partial charge is 0.000711 e. The summed E-state index contributed by atoms with van der Waals surface area (Å²) in [6.07, 6.45) is 0. The molecule has 0 heterocycles. The molecular weight excluding hydrogens is 184 g/mol. The van der Waals surface area contributed by atoms with Crippen molar-refractivity contribution in [3.05, 3.63) is 0 Å². The van der Waals surface area contributed by atoms with Gasteiger partial charge >= 0.3 is 0 Å². The Labute approximate surface area is 87.3 Å². The van der Waals surface area contributed by atoms with Gasteiger partial charge in [-0.1, -0.05) is 41.5 Å². The first-order valence-corrected chi connectivity index (χ1v) is 6.87. The molecule has 0 radical (unpaired) electrons. The summed E-state index contributed by atoms with van der Waals surface area (Å²) in [7, 11) is 0. The molecule has 0 fully saturated rings. The predicted octanol–water partition coefficient (Wildman–Crippen LogP) is 4.30. The molecule has 2 heteroatoms. The molecule has 0 aliphatic carbocycles. The fourth-order valence-electron chi connectivity index (χ4n) is 0.748. The summed E-state index contributed by atoms with van der Waals surface area (Å²) in [6.45, 7) is 13.3. The van der Waals surface area contributed by atoms with Crippen LogP contribution in [0.5, 0.6) is 0 Å². The maximum absolute atomic E-state index is 2.23. The molecule has 0 aromatic carbocycles. The van der Waals surface area contributed by atoms with Crippen LogP contribution in [0.1, 0.15) is 41.5 Å². The second-order valence-electron chi connectivity index (χ2n) is 3.02. The van der Waals surface area contributed by atoms with Crippen LogP contribution in [-0.4, -0.2) is 22.0 Å². The summed E-state index contributed by atoms with van der Waals surface area (Å²) in [5.74, 6) is 2.52. The van der Waals surface area contributed by atoms with Gasteiger partial charge in [-0.3, -0.25) is 0 Å². The van der Waals surface area contributed by atoms with E-state index in [9.17, 15) is 0 Å². The largest absolute Gasteiger partial charge is 0.163 e. The molecule has 0 rings (SSSR count). The lowest BCUT2D eigenvalue weighted by Crippen LogP contribution is -1.94. The van der Waals surface area contributed by atoms with E-state index in [1.54, 1.807) is 0 Å². The molecule has 0 N–H and O–H groups in total. The molecule has 76 valence electrons. The zero-order valence-electron chi connectivity index (χ0n) is 9.39. The van der Waals surface area contributed by atoms with Crippen molar-refractivity contribution in [3.8, 4) is 0 Å². The van der Waals surface area contributed by atoms with E-state index in [-0.39, 0.29) is 0 Å². The molecule has 0 aromatic heterocycles. The Morgan fingerprint density at radius 3 is 1.17 bits per heavy atom. The van der Waals surface area contributed by atoms with Crippen molar-refractivity contribution in [2.75, 3.05) is 11.5 Å². The normalized spacial score (nSPS) is 10.0. The van der Waals surface area contributed by atoms with Crippen molar-refractivity contribution in [1.29, 1.82) is 0 Å². The second kappa shape index (κ2) is 11.7. The van der Waals surface area contributed by atoms with E-state index in [4.69, 9.17) is 0 Å². The highest BCUT2D eigenvalue weighted by Crippen LogP contribution is 2.14. The summed E-state index contributed by atoms with van der Waals surface area (Å²) in [5.41, 5.74) is 0. The van der Waals surface area contributed by atoms with Crippen LogP contribution in [0.2, 0.25) is 0 Å². The number of rotatable bonds is 4. The molecule has 0 saturated heterocycles. The topological polar surface area (TPSA) is 0 Å². The van der Waals surface area contributed by atoms with Crippen molar-refractivity contribution in [3.63, 3.8) is 0 Å². The Morgan fingerprint density at radius 1 is 0.833 bits per heavy atom. The zero-order valence-corrected chi connectivity index (χ0v) is 11.0. The second-order valence-corrected chi connectivity index (χ2v) is 6.74. The summed E-state index contributed by atoms with van der Waals surface area (Å²) in [4.78, 5) is 0. The van der Waals surface area contributed by atoms with Gasteiger partial charge in [0.1, 0.15) is 0 Å². The Kier molecular flexibility index (Phi) is 14.8. The maximum Gasteiger partial charge on any atom is -0.000711 e. The van der Waals surface area contributed by atoms with Crippen LogP contribution in [0, 0.1) is 0 Å². The Hall–Kier alpha value is 0.700. The van der Waals surface area contributed by atoms with Gasteiger partial charge in [0.15, 0.2) is 0 Å². The molecule has 0 bridgehead atoms. The van der Waals surface area contributed by atoms with Gasteiger partial charge in [-0.25, -0.2) is 0 Å². The number of hydrogen-bond acceptors (Lipinski definition) is 2. The standard InChI is InChI=1S/C6H14S.C4H10S/c1-5(2)7-6(3)4;1-3-5-4-2/h5-6H,1-4H3;3-4H2,1-2H3. The fraction of sp³-hybridized carbons (Fsp3) is 1.00. The molecule has 0 spiro atoms. The van der Waals surface area contributed by atoms with Crippen molar-refractivity contribution in [2.24, 2.45) is 0 Å². The van der Waals surface area contributed by atoms with E-state index in [1.807, 2.05) is 23.5 Å². The van der Waals surface area contributed by atoms with Crippen molar-refractivity contribution >= 4 is 23.5 Å². The van der Waals surface area contributed by atoms with Gasteiger partial charge in [0.05, 0.1) is 0 Å². The molecule has 0 saturated carbocycles. The first-order chi connectivity index (χ1) is 5.54. The van der Waals surface area contributed by atoms with Crippen molar-refractivity contribution in [2.45, 2.75) is 52.0 Å². The average Bonchev–Trinajstić information content (AvgIpc) is 1.87. The van der Waals surface area contributed by atoms with E-state index in [2.05, 4.69) is 41.5 Å². The molecule has 0 aromatic rings. The van der Waals surface area contributed by atoms with Crippen LogP contribution >= 0.6 is 23.5 Å². The molecule has 0 aliphatic rings. The lowest BCUT2D eigenvalue weighted by atomic mass is 10.6. The van der Waals surface area contributed by atoms with Crippen molar-refractivity contribution < 1.29 is 0 Å². The Balaban J connectivity index is 0. The molecule has 12 heavy (non-hydrogen) atoms. The summed E-state index contributed by atoms with van der Waals surface area (Å²) in [6, 6.07) is 0. The molecule has 0 nitrogen and oxygen atoms in total. The van der Waals surface area contributed by atoms with E-state index in [0.717, 1.165) is 10.5 Å². The van der Waals surface area contributed by atoms with Crippen LogP contribution in [0.3, 0.4) is 0 Å². The lowest BCUT2D eigenvalue weighted by Gasteiger charge is -2.05. The lowest BCUT2D eigenvalue weighted by molar-refractivity contribution is 1.05. The van der Waals surface area contributed by atoms with Gasteiger partial charge in [0.25, 0.3) is 0 Å². The van der Waals surface area contributed by atoms with Crippen LogP contribution < -0.4 is 0 Å². The Bertz CT molecular complexity index is 62.2. The first-order valence-electron chi connectivity index (χ1n) is 4.77. The predicted molar refractivity (Wildman–Crippen MR) is 66.5 cm³/mol. The summed E-state index contributed by atoms with van der Waals surface area (Å²) >= 11 is 3.97. The highest BCUT2D eigenvalue weighted by molar-refractivity contribution is 8.00. The van der Waals surface area contributed by atoms with Gasteiger partial charge in [-0.2, -0.15) is 23.5 Å². The van der Waals surface area contributed by atoms with Gasteiger partial charge in [0, 0.05) is 0 Å². The molecule has 0 amide bonds. The minimum Gasteiger partial charge on any atom is -0.163 e. The first kappa shape index (κ1) is 15.2. The summed E-state index contributed by atoms with van der Waals surface area (Å²) < 4.78 is 0. The van der Waals surface area contributed by atoms with Crippen LogP contribution in [0.4, 0.5) is 0 Å². The highest BCUT2D eigenvalue weighted by Gasteiger charge is 1.95. The fourth-order valence-corrected chi connectivity index (χ4v) is 2.25. The quantitative estimate of drug-likeness (QED) is 0.676. The average molecular weight is 208 g/mol. The van der Waals surface area contributed by atoms with Crippen LogP contribution in [-0.2, 0) is 0 Å². The Morgan fingerprint density at radius 2 is 1.17 bits per heavy atom. The van der Waals surface area contributed by atoms with Gasteiger partial charge in [0.2, 0.25) is 0 Å². The third kappa shape index (κ3) is 22.4. The minimum atomic E-state index is 0.792. The molecule has 0 aliphatic heterocycles. The maximum atomic E-state index is 2.23. The summed E-state index contributed by atoms with van der Waals surface area (Å²) in [5, 5.41) is 1.58. The monoisotopic (exact) mass is 208 g/mol. The van der Waals surface area contributed by atoms with E-state index >= 15 is 0 Å². The van der Waals surface area contributed by atoms with Gasteiger partial charge in [-0.15, -0.1) is 0 Å². The van der Waals surface area contributed by atoms with Crippen molar-refractivity contribution in [1.82, 2.24) is 0 Å².